The third-order valence-electron chi connectivity index (χ3n) is 4.67. The minimum atomic E-state index is -0.550. The maximum atomic E-state index is 12.6. The highest BCUT2D eigenvalue weighted by molar-refractivity contribution is 7.15. The van der Waals surface area contributed by atoms with Crippen molar-refractivity contribution in [3.63, 3.8) is 0 Å². The molecule has 0 atom stereocenters. The van der Waals surface area contributed by atoms with Gasteiger partial charge in [0.2, 0.25) is 5.13 Å². The second-order valence-corrected chi connectivity index (χ2v) is 8.57. The van der Waals surface area contributed by atoms with Gasteiger partial charge in [0, 0.05) is 11.5 Å². The van der Waals surface area contributed by atoms with Crippen molar-refractivity contribution in [1.29, 1.82) is 5.26 Å². The number of allylic oxidation sites excluding steroid dienone is 1. The van der Waals surface area contributed by atoms with Crippen molar-refractivity contribution >= 4 is 28.5 Å². The van der Waals surface area contributed by atoms with Gasteiger partial charge in [0.05, 0.1) is 0 Å². The Kier molecular flexibility index (Phi) is 8.95. The van der Waals surface area contributed by atoms with E-state index in [2.05, 4.69) is 22.1 Å². The van der Waals surface area contributed by atoms with E-state index < -0.39 is 5.91 Å². The zero-order valence-corrected chi connectivity index (χ0v) is 20.0. The van der Waals surface area contributed by atoms with Crippen LogP contribution < -0.4 is 14.8 Å². The zero-order valence-electron chi connectivity index (χ0n) is 19.2. The minimum Gasteiger partial charge on any atom is -0.490 e. The zero-order chi connectivity index (χ0) is 24.3. The number of para-hydroxylation sites is 2. The Hall–Kier alpha value is -3.96. The molecule has 0 bridgehead atoms. The van der Waals surface area contributed by atoms with E-state index in [1.807, 2.05) is 62.4 Å². The minimum absolute atomic E-state index is 0.0630. The van der Waals surface area contributed by atoms with Gasteiger partial charge in [-0.25, -0.2) is 0 Å². The van der Waals surface area contributed by atoms with Gasteiger partial charge in [0.25, 0.3) is 5.91 Å². The van der Waals surface area contributed by atoms with Crippen LogP contribution >= 0.6 is 11.3 Å². The van der Waals surface area contributed by atoms with Crippen LogP contribution in [0.2, 0.25) is 0 Å². The molecule has 0 aliphatic carbocycles. The summed E-state index contributed by atoms with van der Waals surface area (Å²) in [6.45, 7) is 8.40. The molecule has 1 amide bonds. The van der Waals surface area contributed by atoms with Crippen LogP contribution in [-0.2, 0) is 11.2 Å². The normalized spacial score (nSPS) is 11.1. The maximum absolute atomic E-state index is 12.6. The first-order valence-electron chi connectivity index (χ1n) is 10.8. The van der Waals surface area contributed by atoms with Crippen LogP contribution in [0.15, 0.2) is 66.8 Å². The van der Waals surface area contributed by atoms with Gasteiger partial charge in [-0.2, -0.15) is 5.26 Å². The Morgan fingerprint density at radius 3 is 2.47 bits per heavy atom. The third kappa shape index (κ3) is 6.77. The lowest BCUT2D eigenvalue weighted by Crippen LogP contribution is -2.13. The average Bonchev–Trinajstić information content (AvgIpc) is 3.31. The van der Waals surface area contributed by atoms with E-state index in [9.17, 15) is 10.1 Å². The molecule has 0 saturated heterocycles. The summed E-state index contributed by atoms with van der Waals surface area (Å²) in [7, 11) is 0. The molecule has 1 N–H and O–H groups in total. The molecule has 3 rings (SSSR count). The summed E-state index contributed by atoms with van der Waals surface area (Å²) in [5.41, 5.74) is 1.61. The van der Waals surface area contributed by atoms with Crippen molar-refractivity contribution in [2.45, 2.75) is 26.2 Å². The molecule has 8 heteroatoms. The fraction of sp³-hybridized carbons (Fsp3) is 0.231. The maximum Gasteiger partial charge on any atom is 0.268 e. The first kappa shape index (κ1) is 24.7. The number of carbonyl (C=O) groups excluding carboxylic acids is 1. The Bertz CT molecular complexity index is 1210. The lowest BCUT2D eigenvalue weighted by atomic mass is 10.1. The Morgan fingerprint density at radius 2 is 1.79 bits per heavy atom. The molecule has 0 radical (unpaired) electrons. The van der Waals surface area contributed by atoms with Gasteiger partial charge in [0.1, 0.15) is 41.4 Å². The van der Waals surface area contributed by atoms with Crippen LogP contribution in [0.1, 0.15) is 35.9 Å². The molecule has 0 unspecified atom stereocenters. The summed E-state index contributed by atoms with van der Waals surface area (Å²) in [4.78, 5) is 12.6. The molecule has 0 saturated carbocycles. The molecule has 3 aromatic rings. The number of anilines is 1. The molecule has 2 aromatic carbocycles. The summed E-state index contributed by atoms with van der Waals surface area (Å²) in [6, 6.07) is 16.9. The molecule has 0 aliphatic rings. The lowest BCUT2D eigenvalue weighted by molar-refractivity contribution is -0.112. The number of carbonyl (C=O) groups is 1. The van der Waals surface area contributed by atoms with Gasteiger partial charge in [-0.15, -0.1) is 16.8 Å². The van der Waals surface area contributed by atoms with Crippen LogP contribution in [0.3, 0.4) is 0 Å². The summed E-state index contributed by atoms with van der Waals surface area (Å²) < 4.78 is 11.7. The van der Waals surface area contributed by atoms with Crippen molar-refractivity contribution in [3.05, 3.63) is 82.9 Å². The standard InChI is InChI=1S/C26H26N4O3S/c1-4-9-19-10-5-7-12-22(19)32-14-15-33-23-13-8-6-11-20(23)16-21(17-27)24(31)28-26-30-29-25(34-26)18(2)3/h4-8,10-13,16,18H,1,9,14-15H2,2-3H3,(H,28,30,31)/b21-16-. The first-order chi connectivity index (χ1) is 16.5. The number of benzene rings is 2. The van der Waals surface area contributed by atoms with Crippen molar-refractivity contribution in [3.8, 4) is 17.6 Å². The lowest BCUT2D eigenvalue weighted by Gasteiger charge is -2.12. The second kappa shape index (κ2) is 12.3. The number of aromatic nitrogens is 2. The molecular formula is C26H26N4O3S. The summed E-state index contributed by atoms with van der Waals surface area (Å²) >= 11 is 1.29. The van der Waals surface area contributed by atoms with Crippen LogP contribution in [0.5, 0.6) is 11.5 Å². The Morgan fingerprint density at radius 1 is 1.12 bits per heavy atom. The molecule has 7 nitrogen and oxygen atoms in total. The number of ether oxygens (including phenoxy) is 2. The van der Waals surface area contributed by atoms with E-state index in [1.54, 1.807) is 12.1 Å². The predicted molar refractivity (Wildman–Crippen MR) is 134 cm³/mol. The van der Waals surface area contributed by atoms with Crippen LogP contribution in [0.25, 0.3) is 6.08 Å². The van der Waals surface area contributed by atoms with E-state index in [4.69, 9.17) is 9.47 Å². The number of amides is 1. The van der Waals surface area contributed by atoms with Crippen molar-refractivity contribution < 1.29 is 14.3 Å². The predicted octanol–water partition coefficient (Wildman–Crippen LogP) is 5.39. The highest BCUT2D eigenvalue weighted by atomic mass is 32.1. The SMILES string of the molecule is C=CCc1ccccc1OCCOc1ccccc1/C=C(/C#N)C(=O)Nc1nnc(C(C)C)s1. The molecule has 0 aliphatic heterocycles. The van der Waals surface area contributed by atoms with Gasteiger partial charge in [-0.3, -0.25) is 10.1 Å². The van der Waals surface area contributed by atoms with Crippen LogP contribution in [0, 0.1) is 11.3 Å². The Balaban J connectivity index is 1.64. The monoisotopic (exact) mass is 474 g/mol. The van der Waals surface area contributed by atoms with Crippen molar-refractivity contribution in [2.24, 2.45) is 0 Å². The number of hydrogen-bond donors (Lipinski definition) is 1. The van der Waals surface area contributed by atoms with E-state index in [1.165, 1.54) is 17.4 Å². The molecule has 1 aromatic heterocycles. The first-order valence-corrected chi connectivity index (χ1v) is 11.6. The fourth-order valence-corrected chi connectivity index (χ4v) is 3.73. The quantitative estimate of drug-likeness (QED) is 0.173. The highest BCUT2D eigenvalue weighted by Gasteiger charge is 2.15. The summed E-state index contributed by atoms with van der Waals surface area (Å²) in [5.74, 6) is 0.993. The summed E-state index contributed by atoms with van der Waals surface area (Å²) in [5, 5.41) is 21.4. The van der Waals surface area contributed by atoms with Gasteiger partial charge >= 0.3 is 0 Å². The molecule has 0 spiro atoms. The van der Waals surface area contributed by atoms with E-state index in [-0.39, 0.29) is 11.5 Å². The van der Waals surface area contributed by atoms with E-state index in [0.29, 0.717) is 29.7 Å². The van der Waals surface area contributed by atoms with E-state index >= 15 is 0 Å². The van der Waals surface area contributed by atoms with Gasteiger partial charge in [0.15, 0.2) is 0 Å². The number of nitrogens with one attached hydrogen (secondary N) is 1. The molecule has 174 valence electrons. The van der Waals surface area contributed by atoms with Gasteiger partial charge in [-0.05, 0) is 30.2 Å². The topological polar surface area (TPSA) is 97.1 Å². The number of nitriles is 1. The van der Waals surface area contributed by atoms with Gasteiger partial charge < -0.3 is 9.47 Å². The largest absolute Gasteiger partial charge is 0.490 e. The smallest absolute Gasteiger partial charge is 0.268 e. The van der Waals surface area contributed by atoms with Gasteiger partial charge in [-0.1, -0.05) is 67.7 Å². The number of nitrogens with zero attached hydrogens (tertiary/aromatic N) is 3. The Labute approximate surface area is 203 Å². The number of rotatable bonds is 11. The average molecular weight is 475 g/mol. The highest BCUT2D eigenvalue weighted by Crippen LogP contribution is 2.25. The fourth-order valence-electron chi connectivity index (χ4n) is 2.99. The number of hydrogen-bond acceptors (Lipinski definition) is 7. The van der Waals surface area contributed by atoms with Crippen molar-refractivity contribution in [1.82, 2.24) is 10.2 Å². The second-order valence-electron chi connectivity index (χ2n) is 7.56. The summed E-state index contributed by atoms with van der Waals surface area (Å²) in [6.07, 6.45) is 4.05. The molecule has 34 heavy (non-hydrogen) atoms. The molecular weight excluding hydrogens is 448 g/mol. The van der Waals surface area contributed by atoms with E-state index in [0.717, 1.165) is 22.7 Å². The van der Waals surface area contributed by atoms with Crippen LogP contribution in [0.4, 0.5) is 5.13 Å². The molecule has 1 heterocycles. The molecule has 0 fully saturated rings. The van der Waals surface area contributed by atoms with Crippen molar-refractivity contribution in [2.75, 3.05) is 18.5 Å². The van der Waals surface area contributed by atoms with Crippen LogP contribution in [-0.4, -0.2) is 29.3 Å². The third-order valence-corrected chi connectivity index (χ3v) is 5.81.